The van der Waals surface area contributed by atoms with Gasteiger partial charge in [0.05, 0.1) is 29.7 Å². The van der Waals surface area contributed by atoms with Gasteiger partial charge in [-0.25, -0.2) is 4.68 Å². The van der Waals surface area contributed by atoms with E-state index in [0.29, 0.717) is 0 Å². The zero-order chi connectivity index (χ0) is 19.3. The molecule has 1 aromatic carbocycles. The van der Waals surface area contributed by atoms with Crippen molar-refractivity contribution in [1.29, 1.82) is 0 Å². The van der Waals surface area contributed by atoms with Crippen LogP contribution in [-0.2, 0) is 4.79 Å². The fourth-order valence-corrected chi connectivity index (χ4v) is 4.36. The van der Waals surface area contributed by atoms with Crippen molar-refractivity contribution in [3.05, 3.63) is 41.7 Å². The number of amides is 1. The Labute approximate surface area is 167 Å². The Hall–Kier alpha value is -2.34. The van der Waals surface area contributed by atoms with Crippen LogP contribution < -0.4 is 4.74 Å². The summed E-state index contributed by atoms with van der Waals surface area (Å²) in [6.07, 6.45) is 6.72. The third-order valence-corrected chi connectivity index (χ3v) is 5.80. The van der Waals surface area contributed by atoms with Gasteiger partial charge in [0.15, 0.2) is 0 Å². The molecule has 6 heteroatoms. The van der Waals surface area contributed by atoms with Crippen molar-refractivity contribution in [2.75, 3.05) is 32.8 Å². The largest absolute Gasteiger partial charge is 0.494 e. The molecule has 1 atom stereocenters. The van der Waals surface area contributed by atoms with E-state index in [1.54, 1.807) is 0 Å². The van der Waals surface area contributed by atoms with Crippen molar-refractivity contribution >= 4 is 6.41 Å². The summed E-state index contributed by atoms with van der Waals surface area (Å²) in [6.45, 7) is 7.17. The predicted octanol–water partition coefficient (Wildman–Crippen LogP) is 3.34. The monoisotopic (exact) mass is 382 g/mol. The first-order valence-electron chi connectivity index (χ1n) is 10.5. The zero-order valence-corrected chi connectivity index (χ0v) is 16.7. The third kappa shape index (κ3) is 4.22. The molecule has 2 fully saturated rings. The Balaban J connectivity index is 1.39. The van der Waals surface area contributed by atoms with Gasteiger partial charge in [0.25, 0.3) is 0 Å². The van der Waals surface area contributed by atoms with E-state index in [0.717, 1.165) is 68.2 Å². The molecule has 150 valence electrons. The van der Waals surface area contributed by atoms with Crippen LogP contribution in [0.3, 0.4) is 0 Å². The molecule has 0 radical (unpaired) electrons. The van der Waals surface area contributed by atoms with Gasteiger partial charge < -0.3 is 14.5 Å². The van der Waals surface area contributed by atoms with E-state index >= 15 is 0 Å². The SMILES string of the molecule is Cc1cc(C2CCCN2C=O)n(-c2ccc(OCCCN3CCCC3)cc2)n1. The Kier molecular flexibility index (Phi) is 5.95. The van der Waals surface area contributed by atoms with Crippen LogP contribution in [0.5, 0.6) is 5.75 Å². The summed E-state index contributed by atoms with van der Waals surface area (Å²) < 4.78 is 7.89. The summed E-state index contributed by atoms with van der Waals surface area (Å²) in [4.78, 5) is 15.8. The molecule has 0 bridgehead atoms. The molecule has 6 nitrogen and oxygen atoms in total. The fraction of sp³-hybridized carbons (Fsp3) is 0.545. The van der Waals surface area contributed by atoms with Crippen molar-refractivity contribution in [1.82, 2.24) is 19.6 Å². The maximum atomic E-state index is 11.4. The van der Waals surface area contributed by atoms with Crippen molar-refractivity contribution in [2.45, 2.75) is 45.1 Å². The topological polar surface area (TPSA) is 50.6 Å². The maximum Gasteiger partial charge on any atom is 0.210 e. The van der Waals surface area contributed by atoms with Gasteiger partial charge in [0.2, 0.25) is 6.41 Å². The zero-order valence-electron chi connectivity index (χ0n) is 16.7. The van der Waals surface area contributed by atoms with Gasteiger partial charge in [0, 0.05) is 13.1 Å². The van der Waals surface area contributed by atoms with E-state index in [-0.39, 0.29) is 6.04 Å². The van der Waals surface area contributed by atoms with Crippen LogP contribution in [0.15, 0.2) is 30.3 Å². The molecule has 0 N–H and O–H groups in total. The van der Waals surface area contributed by atoms with Crippen LogP contribution in [0.2, 0.25) is 0 Å². The summed E-state index contributed by atoms with van der Waals surface area (Å²) in [6, 6.07) is 10.3. The number of aromatic nitrogens is 2. The number of nitrogens with zero attached hydrogens (tertiary/aromatic N) is 4. The van der Waals surface area contributed by atoms with Gasteiger partial charge >= 0.3 is 0 Å². The van der Waals surface area contributed by atoms with Crippen molar-refractivity contribution in [2.24, 2.45) is 0 Å². The molecule has 2 aliphatic heterocycles. The van der Waals surface area contributed by atoms with Crippen LogP contribution in [-0.4, -0.2) is 58.8 Å². The highest BCUT2D eigenvalue weighted by atomic mass is 16.5. The first kappa shape index (κ1) is 19.0. The molecule has 4 rings (SSSR count). The molecule has 0 aliphatic carbocycles. The van der Waals surface area contributed by atoms with E-state index in [4.69, 9.17) is 4.74 Å². The summed E-state index contributed by atoms with van der Waals surface area (Å²) in [5.74, 6) is 0.894. The Bertz CT molecular complexity index is 780. The first-order chi connectivity index (χ1) is 13.7. The number of rotatable bonds is 8. The number of hydrogen-bond acceptors (Lipinski definition) is 4. The number of carbonyl (C=O) groups excluding carboxylic acids is 1. The molecule has 1 unspecified atom stereocenters. The molecule has 28 heavy (non-hydrogen) atoms. The van der Waals surface area contributed by atoms with Gasteiger partial charge in [-0.15, -0.1) is 0 Å². The number of ether oxygens (including phenoxy) is 1. The van der Waals surface area contributed by atoms with Gasteiger partial charge in [-0.1, -0.05) is 0 Å². The summed E-state index contributed by atoms with van der Waals surface area (Å²) in [7, 11) is 0. The van der Waals surface area contributed by atoms with E-state index in [1.807, 2.05) is 40.8 Å². The highest BCUT2D eigenvalue weighted by molar-refractivity contribution is 5.50. The second kappa shape index (κ2) is 8.78. The molecule has 2 aromatic rings. The summed E-state index contributed by atoms with van der Waals surface area (Å²) in [5.41, 5.74) is 3.06. The maximum absolute atomic E-state index is 11.4. The number of benzene rings is 1. The predicted molar refractivity (Wildman–Crippen MR) is 109 cm³/mol. The van der Waals surface area contributed by atoms with Crippen LogP contribution in [0, 0.1) is 6.92 Å². The van der Waals surface area contributed by atoms with Crippen molar-refractivity contribution in [3.63, 3.8) is 0 Å². The lowest BCUT2D eigenvalue weighted by Crippen LogP contribution is -2.23. The highest BCUT2D eigenvalue weighted by Gasteiger charge is 2.28. The van der Waals surface area contributed by atoms with E-state index in [2.05, 4.69) is 16.1 Å². The Morgan fingerprint density at radius 3 is 2.68 bits per heavy atom. The average Bonchev–Trinajstić information content (AvgIpc) is 3.46. The quantitative estimate of drug-likeness (QED) is 0.519. The Morgan fingerprint density at radius 2 is 1.93 bits per heavy atom. The van der Waals surface area contributed by atoms with E-state index in [1.165, 1.54) is 25.9 Å². The lowest BCUT2D eigenvalue weighted by Gasteiger charge is -2.21. The standard InChI is InChI=1S/C22H30N4O2/c1-18-16-22(21-6-4-14-25(21)17-27)26(23-18)19-7-9-20(10-8-19)28-15-5-13-24-11-2-3-12-24/h7-10,16-17,21H,2-6,11-15H2,1H3. The van der Waals surface area contributed by atoms with Crippen LogP contribution >= 0.6 is 0 Å². The molecule has 1 amide bonds. The molecule has 3 heterocycles. The molecule has 0 spiro atoms. The average molecular weight is 383 g/mol. The van der Waals surface area contributed by atoms with Gasteiger partial charge in [0.1, 0.15) is 5.75 Å². The molecular formula is C22H30N4O2. The minimum Gasteiger partial charge on any atom is -0.494 e. The molecule has 2 aliphatic rings. The van der Waals surface area contributed by atoms with Crippen LogP contribution in [0.4, 0.5) is 0 Å². The van der Waals surface area contributed by atoms with Crippen molar-refractivity contribution < 1.29 is 9.53 Å². The van der Waals surface area contributed by atoms with E-state index < -0.39 is 0 Å². The van der Waals surface area contributed by atoms with E-state index in [9.17, 15) is 4.79 Å². The minimum atomic E-state index is 0.111. The molecular weight excluding hydrogens is 352 g/mol. The minimum absolute atomic E-state index is 0.111. The molecule has 0 saturated carbocycles. The smallest absolute Gasteiger partial charge is 0.210 e. The van der Waals surface area contributed by atoms with Crippen LogP contribution in [0.25, 0.3) is 5.69 Å². The lowest BCUT2D eigenvalue weighted by atomic mass is 10.1. The molecule has 1 aromatic heterocycles. The Morgan fingerprint density at radius 1 is 1.14 bits per heavy atom. The fourth-order valence-electron chi connectivity index (χ4n) is 4.36. The number of carbonyl (C=O) groups is 1. The second-order valence-corrected chi connectivity index (χ2v) is 7.87. The number of likely N-dealkylation sites (tertiary alicyclic amines) is 2. The third-order valence-electron chi connectivity index (χ3n) is 5.80. The van der Waals surface area contributed by atoms with Gasteiger partial charge in [-0.3, -0.25) is 4.79 Å². The summed E-state index contributed by atoms with van der Waals surface area (Å²) >= 11 is 0. The van der Waals surface area contributed by atoms with Crippen molar-refractivity contribution in [3.8, 4) is 11.4 Å². The normalized spacial score (nSPS) is 20.0. The first-order valence-corrected chi connectivity index (χ1v) is 10.5. The molecule has 2 saturated heterocycles. The summed E-state index contributed by atoms with van der Waals surface area (Å²) in [5, 5.41) is 4.67. The van der Waals surface area contributed by atoms with Gasteiger partial charge in [-0.2, -0.15) is 5.10 Å². The van der Waals surface area contributed by atoms with Crippen LogP contribution in [0.1, 0.15) is 49.5 Å². The highest BCUT2D eigenvalue weighted by Crippen LogP contribution is 2.32. The number of hydrogen-bond donors (Lipinski definition) is 0. The van der Waals surface area contributed by atoms with Gasteiger partial charge in [-0.05, 0) is 82.4 Å². The second-order valence-electron chi connectivity index (χ2n) is 7.87. The number of aryl methyl sites for hydroxylation is 1. The lowest BCUT2D eigenvalue weighted by molar-refractivity contribution is -0.119.